The van der Waals surface area contributed by atoms with Gasteiger partial charge in [0.2, 0.25) is 6.20 Å². The molecule has 0 aliphatic heterocycles. The van der Waals surface area contributed by atoms with Crippen LogP contribution in [0, 0.1) is 5.21 Å². The summed E-state index contributed by atoms with van der Waals surface area (Å²) in [5, 5.41) is 16.2. The first-order valence-electron chi connectivity index (χ1n) is 3.83. The van der Waals surface area contributed by atoms with E-state index in [2.05, 4.69) is 5.10 Å². The zero-order valence-corrected chi connectivity index (χ0v) is 7.10. The van der Waals surface area contributed by atoms with Gasteiger partial charge in [-0.15, -0.1) is 0 Å². The maximum Gasteiger partial charge on any atom is 0.217 e. The minimum atomic E-state index is 0.530. The molecule has 0 spiro atoms. The smallest absolute Gasteiger partial charge is 0.217 e. The first-order valence-corrected chi connectivity index (χ1v) is 3.83. The van der Waals surface area contributed by atoms with Crippen molar-refractivity contribution in [2.24, 2.45) is 0 Å². The van der Waals surface area contributed by atoms with Crippen molar-refractivity contribution < 1.29 is 9.58 Å². The monoisotopic (exact) mass is 176 g/mol. The van der Waals surface area contributed by atoms with E-state index in [1.54, 1.807) is 13.2 Å². The quantitative estimate of drug-likeness (QED) is 0.478. The third-order valence-electron chi connectivity index (χ3n) is 1.85. The average Bonchev–Trinajstić information content (AvgIpc) is 2.16. The van der Waals surface area contributed by atoms with Crippen LogP contribution in [0.25, 0.3) is 10.8 Å². The minimum Gasteiger partial charge on any atom is -0.594 e. The third kappa shape index (κ3) is 1.38. The highest BCUT2D eigenvalue weighted by Gasteiger charge is 2.00. The normalized spacial score (nSPS) is 10.2. The fraction of sp³-hybridized carbons (Fsp3) is 0.111. The minimum absolute atomic E-state index is 0.530. The topological polar surface area (TPSA) is 49.1 Å². The summed E-state index contributed by atoms with van der Waals surface area (Å²) in [6.45, 7) is 0. The van der Waals surface area contributed by atoms with Crippen LogP contribution in [0.15, 0.2) is 30.6 Å². The number of nitrogens with zero attached hydrogens (tertiary/aromatic N) is 2. The van der Waals surface area contributed by atoms with Gasteiger partial charge in [0.1, 0.15) is 11.9 Å². The number of benzene rings is 1. The van der Waals surface area contributed by atoms with Gasteiger partial charge in [-0.25, -0.2) is 0 Å². The Morgan fingerprint density at radius 2 is 2.23 bits per heavy atom. The van der Waals surface area contributed by atoms with Gasteiger partial charge in [0.25, 0.3) is 0 Å². The molecule has 1 aromatic carbocycles. The van der Waals surface area contributed by atoms with E-state index in [-0.39, 0.29) is 0 Å². The molecule has 4 nitrogen and oxygen atoms in total. The first kappa shape index (κ1) is 7.79. The van der Waals surface area contributed by atoms with E-state index in [0.29, 0.717) is 4.85 Å². The molecule has 0 N–H and O–H groups in total. The Morgan fingerprint density at radius 1 is 1.38 bits per heavy atom. The largest absolute Gasteiger partial charge is 0.594 e. The summed E-state index contributed by atoms with van der Waals surface area (Å²) in [7, 11) is 1.59. The SMILES string of the molecule is COc1ccc2cn[n+]([O-])cc2c1. The van der Waals surface area contributed by atoms with Crippen molar-refractivity contribution in [3.05, 3.63) is 35.8 Å². The molecule has 0 saturated heterocycles. The first-order chi connectivity index (χ1) is 6.29. The van der Waals surface area contributed by atoms with Crippen LogP contribution < -0.4 is 9.58 Å². The molecular formula is C9H8N2O2. The van der Waals surface area contributed by atoms with Crippen LogP contribution in [-0.4, -0.2) is 12.2 Å². The predicted octanol–water partition coefficient (Wildman–Crippen LogP) is 0.877. The fourth-order valence-electron chi connectivity index (χ4n) is 1.18. The summed E-state index contributed by atoms with van der Waals surface area (Å²) in [4.78, 5) is 0.530. The molecule has 0 amide bonds. The van der Waals surface area contributed by atoms with E-state index in [0.717, 1.165) is 16.5 Å². The molecule has 0 unspecified atom stereocenters. The van der Waals surface area contributed by atoms with E-state index in [4.69, 9.17) is 4.74 Å². The molecule has 0 radical (unpaired) electrons. The molecule has 0 aliphatic rings. The lowest BCUT2D eigenvalue weighted by molar-refractivity contribution is -0.667. The molecule has 0 fully saturated rings. The van der Waals surface area contributed by atoms with E-state index in [9.17, 15) is 5.21 Å². The van der Waals surface area contributed by atoms with Gasteiger partial charge in [0, 0.05) is 10.5 Å². The average molecular weight is 176 g/mol. The Morgan fingerprint density at radius 3 is 3.00 bits per heavy atom. The zero-order chi connectivity index (χ0) is 9.26. The van der Waals surface area contributed by atoms with Crippen molar-refractivity contribution in [1.82, 2.24) is 5.10 Å². The molecule has 1 heterocycles. The molecule has 0 atom stereocenters. The van der Waals surface area contributed by atoms with Gasteiger partial charge < -0.3 is 9.94 Å². The molecule has 13 heavy (non-hydrogen) atoms. The summed E-state index contributed by atoms with van der Waals surface area (Å²) in [5.74, 6) is 0.735. The van der Waals surface area contributed by atoms with E-state index >= 15 is 0 Å². The van der Waals surface area contributed by atoms with Crippen LogP contribution in [-0.2, 0) is 0 Å². The lowest BCUT2D eigenvalue weighted by Gasteiger charge is -2.00. The molecule has 0 bridgehead atoms. The Kier molecular flexibility index (Phi) is 1.73. The van der Waals surface area contributed by atoms with Gasteiger partial charge in [-0.1, -0.05) is 4.85 Å². The van der Waals surface area contributed by atoms with E-state index in [1.165, 1.54) is 12.4 Å². The van der Waals surface area contributed by atoms with Crippen molar-refractivity contribution in [2.45, 2.75) is 0 Å². The van der Waals surface area contributed by atoms with Crippen LogP contribution in [0.2, 0.25) is 0 Å². The van der Waals surface area contributed by atoms with Gasteiger partial charge in [0.15, 0.2) is 0 Å². The molecule has 4 heteroatoms. The van der Waals surface area contributed by atoms with E-state index < -0.39 is 0 Å². The lowest BCUT2D eigenvalue weighted by Crippen LogP contribution is -2.29. The lowest BCUT2D eigenvalue weighted by atomic mass is 10.2. The van der Waals surface area contributed by atoms with Crippen molar-refractivity contribution in [1.29, 1.82) is 0 Å². The number of fused-ring (bicyclic) bond motifs is 1. The molecule has 0 aliphatic carbocycles. The van der Waals surface area contributed by atoms with Crippen LogP contribution in [0.3, 0.4) is 0 Å². The Balaban J connectivity index is 2.68. The number of hydrogen-bond acceptors (Lipinski definition) is 3. The second kappa shape index (κ2) is 2.90. The summed E-state index contributed by atoms with van der Waals surface area (Å²) >= 11 is 0. The number of rotatable bonds is 1. The van der Waals surface area contributed by atoms with Crippen LogP contribution in [0.5, 0.6) is 5.75 Å². The highest BCUT2D eigenvalue weighted by molar-refractivity contribution is 5.81. The van der Waals surface area contributed by atoms with Crippen molar-refractivity contribution in [2.75, 3.05) is 7.11 Å². The highest BCUT2D eigenvalue weighted by atomic mass is 16.5. The maximum absolute atomic E-state index is 10.8. The highest BCUT2D eigenvalue weighted by Crippen LogP contribution is 2.17. The predicted molar refractivity (Wildman–Crippen MR) is 47.3 cm³/mol. The number of hydrogen-bond donors (Lipinski definition) is 0. The van der Waals surface area contributed by atoms with Gasteiger partial charge >= 0.3 is 0 Å². The van der Waals surface area contributed by atoms with Gasteiger partial charge in [-0.05, 0) is 18.2 Å². The van der Waals surface area contributed by atoms with Gasteiger partial charge in [0.05, 0.1) is 12.5 Å². The standard InChI is InChI=1S/C9H8N2O2/c1-13-9-3-2-7-5-10-11(12)6-8(7)4-9/h2-6H,1H3. The van der Waals surface area contributed by atoms with Crippen LogP contribution in [0.1, 0.15) is 0 Å². The second-order valence-electron chi connectivity index (χ2n) is 2.67. The Bertz CT molecular complexity index is 443. The molecular weight excluding hydrogens is 168 g/mol. The van der Waals surface area contributed by atoms with Crippen molar-refractivity contribution >= 4 is 10.8 Å². The Labute approximate surface area is 75.0 Å². The summed E-state index contributed by atoms with van der Waals surface area (Å²) in [5.41, 5.74) is 0. The molecule has 0 saturated carbocycles. The van der Waals surface area contributed by atoms with Crippen molar-refractivity contribution in [3.63, 3.8) is 0 Å². The number of methoxy groups -OCH3 is 1. The zero-order valence-electron chi connectivity index (χ0n) is 7.10. The van der Waals surface area contributed by atoms with Crippen LogP contribution >= 0.6 is 0 Å². The van der Waals surface area contributed by atoms with Gasteiger partial charge in [-0.2, -0.15) is 0 Å². The van der Waals surface area contributed by atoms with Gasteiger partial charge in [-0.3, -0.25) is 0 Å². The maximum atomic E-state index is 10.8. The number of aromatic nitrogens is 2. The molecule has 66 valence electrons. The second-order valence-corrected chi connectivity index (χ2v) is 2.67. The molecule has 2 rings (SSSR count). The fourth-order valence-corrected chi connectivity index (χ4v) is 1.18. The van der Waals surface area contributed by atoms with Crippen molar-refractivity contribution in [3.8, 4) is 5.75 Å². The third-order valence-corrected chi connectivity index (χ3v) is 1.85. The van der Waals surface area contributed by atoms with Crippen LogP contribution in [0.4, 0.5) is 0 Å². The summed E-state index contributed by atoms with van der Waals surface area (Å²) in [6.07, 6.45) is 2.94. The summed E-state index contributed by atoms with van der Waals surface area (Å²) < 4.78 is 5.03. The molecule has 2 aromatic rings. The Hall–Kier alpha value is -1.84. The number of ether oxygens (including phenoxy) is 1. The van der Waals surface area contributed by atoms with E-state index in [1.807, 2.05) is 12.1 Å². The summed E-state index contributed by atoms with van der Waals surface area (Å²) in [6, 6.07) is 5.49. The molecule has 1 aromatic heterocycles.